The number of benzene rings is 1. The van der Waals surface area contributed by atoms with E-state index >= 15 is 0 Å². The summed E-state index contributed by atoms with van der Waals surface area (Å²) in [5.74, 6) is -1.41. The van der Waals surface area contributed by atoms with Gasteiger partial charge in [0.05, 0.1) is 11.0 Å². The first kappa shape index (κ1) is 24.1. The molecule has 2 rings (SSSR count). The molecule has 1 saturated heterocycles. The summed E-state index contributed by atoms with van der Waals surface area (Å²) in [5, 5.41) is 2.30. The number of carbonyl (C=O) groups excluding carboxylic acids is 3. The lowest BCUT2D eigenvalue weighted by Gasteiger charge is -2.23. The van der Waals surface area contributed by atoms with Crippen molar-refractivity contribution in [1.82, 2.24) is 10.2 Å². The quantitative estimate of drug-likeness (QED) is 0.551. The number of likely N-dealkylation sites (tertiary alicyclic amines) is 1. The molecule has 0 radical (unpaired) electrons. The van der Waals surface area contributed by atoms with Crippen LogP contribution in [0.1, 0.15) is 27.2 Å². The Morgan fingerprint density at radius 2 is 1.83 bits per heavy atom. The van der Waals surface area contributed by atoms with Gasteiger partial charge in [-0.3, -0.25) is 13.8 Å². The highest BCUT2D eigenvalue weighted by Crippen LogP contribution is 2.25. The lowest BCUT2D eigenvalue weighted by Crippen LogP contribution is -2.48. The van der Waals surface area contributed by atoms with Crippen molar-refractivity contribution in [2.75, 3.05) is 13.1 Å². The molecule has 30 heavy (non-hydrogen) atoms. The lowest BCUT2D eigenvalue weighted by atomic mass is 10.2. The second kappa shape index (κ2) is 9.31. The molecule has 1 aromatic carbocycles. The van der Waals surface area contributed by atoms with Crippen LogP contribution in [0.25, 0.3) is 0 Å². The number of rotatable bonds is 6. The van der Waals surface area contributed by atoms with Crippen molar-refractivity contribution in [3.05, 3.63) is 28.7 Å². The molecule has 0 aliphatic carbocycles. The van der Waals surface area contributed by atoms with Crippen LogP contribution in [0.4, 0.5) is 4.79 Å². The van der Waals surface area contributed by atoms with E-state index < -0.39 is 52.3 Å². The van der Waals surface area contributed by atoms with Gasteiger partial charge in [-0.1, -0.05) is 15.9 Å². The molecule has 2 atom stereocenters. The van der Waals surface area contributed by atoms with Gasteiger partial charge >= 0.3 is 6.09 Å². The van der Waals surface area contributed by atoms with Gasteiger partial charge in [0.25, 0.3) is 10.1 Å². The largest absolute Gasteiger partial charge is 0.444 e. The van der Waals surface area contributed by atoms with Gasteiger partial charge in [0.15, 0.2) is 0 Å². The molecule has 166 valence electrons. The van der Waals surface area contributed by atoms with Crippen LogP contribution in [0.3, 0.4) is 0 Å². The Balaban J connectivity index is 2.03. The van der Waals surface area contributed by atoms with Gasteiger partial charge in [-0.15, -0.1) is 0 Å². The number of hydrogen-bond donors (Lipinski definition) is 2. The summed E-state index contributed by atoms with van der Waals surface area (Å²) in [5.41, 5.74) is 4.62. The van der Waals surface area contributed by atoms with E-state index in [0.717, 1.165) is 4.90 Å². The normalized spacial score (nSPS) is 19.4. The maximum atomic E-state index is 12.5. The number of nitrogens with one attached hydrogen (secondary N) is 1. The molecule has 1 aliphatic rings. The smallest absolute Gasteiger partial charge is 0.408 e. The minimum Gasteiger partial charge on any atom is -0.444 e. The zero-order chi connectivity index (χ0) is 22.7. The minimum atomic E-state index is -4.11. The van der Waals surface area contributed by atoms with Crippen molar-refractivity contribution >= 4 is 44.0 Å². The molecule has 3 amide bonds. The van der Waals surface area contributed by atoms with Gasteiger partial charge in [-0.2, -0.15) is 8.42 Å². The molecular formula is C18H24BrN3O7S. The second-order valence-corrected chi connectivity index (χ2v) is 10.2. The van der Waals surface area contributed by atoms with E-state index in [-0.39, 0.29) is 17.9 Å². The zero-order valence-corrected chi connectivity index (χ0v) is 19.2. The van der Waals surface area contributed by atoms with Crippen molar-refractivity contribution in [2.45, 2.75) is 49.8 Å². The Morgan fingerprint density at radius 3 is 2.37 bits per heavy atom. The van der Waals surface area contributed by atoms with E-state index in [2.05, 4.69) is 21.2 Å². The summed E-state index contributed by atoms with van der Waals surface area (Å²) in [6.45, 7) is 4.41. The fraction of sp³-hybridized carbons (Fsp3) is 0.500. The van der Waals surface area contributed by atoms with Crippen molar-refractivity contribution in [1.29, 1.82) is 0 Å². The van der Waals surface area contributed by atoms with E-state index in [0.29, 0.717) is 4.47 Å². The van der Waals surface area contributed by atoms with Gasteiger partial charge in [0.1, 0.15) is 18.2 Å². The third-order valence-electron chi connectivity index (χ3n) is 4.06. The Hall–Kier alpha value is -2.18. The number of ether oxygens (including phenoxy) is 1. The first-order valence-electron chi connectivity index (χ1n) is 9.03. The predicted molar refractivity (Wildman–Crippen MR) is 110 cm³/mol. The molecule has 12 heteroatoms. The van der Waals surface area contributed by atoms with Crippen LogP contribution in [-0.2, 0) is 28.6 Å². The molecule has 10 nitrogen and oxygen atoms in total. The standard InChI is InChI=1S/C18H24BrN3O7S/c1-18(2,3)28-17(25)21-9-15(23)22-10-12(8-14(22)16(20)24)29-30(26,27)13-6-4-11(19)5-7-13/h4-7,12,14H,8-10H2,1-3H3,(H2,20,24)(H,21,25). The zero-order valence-electron chi connectivity index (χ0n) is 16.8. The van der Waals surface area contributed by atoms with E-state index in [9.17, 15) is 22.8 Å². The van der Waals surface area contributed by atoms with E-state index in [1.807, 2.05) is 0 Å². The molecular weight excluding hydrogens is 482 g/mol. The number of halogens is 1. The van der Waals surface area contributed by atoms with E-state index in [1.54, 1.807) is 32.9 Å². The van der Waals surface area contributed by atoms with Gasteiger partial charge < -0.3 is 20.7 Å². The predicted octanol–water partition coefficient (Wildman–Crippen LogP) is 1.13. The van der Waals surface area contributed by atoms with Crippen LogP contribution < -0.4 is 11.1 Å². The van der Waals surface area contributed by atoms with E-state index in [1.165, 1.54) is 12.1 Å². The van der Waals surface area contributed by atoms with E-state index in [4.69, 9.17) is 14.7 Å². The van der Waals surface area contributed by atoms with Crippen LogP contribution in [0, 0.1) is 0 Å². The fourth-order valence-electron chi connectivity index (χ4n) is 2.81. The maximum Gasteiger partial charge on any atom is 0.408 e. The molecule has 1 aromatic rings. The van der Waals surface area contributed by atoms with Crippen molar-refractivity contribution in [3.63, 3.8) is 0 Å². The highest BCUT2D eigenvalue weighted by Gasteiger charge is 2.41. The van der Waals surface area contributed by atoms with Crippen molar-refractivity contribution in [3.8, 4) is 0 Å². The Morgan fingerprint density at radius 1 is 1.23 bits per heavy atom. The van der Waals surface area contributed by atoms with Crippen LogP contribution in [0.2, 0.25) is 0 Å². The number of nitrogens with two attached hydrogens (primary N) is 1. The minimum absolute atomic E-state index is 0.0577. The van der Waals surface area contributed by atoms with Gasteiger partial charge in [-0.25, -0.2) is 4.79 Å². The van der Waals surface area contributed by atoms with Crippen molar-refractivity contribution in [2.24, 2.45) is 5.73 Å². The molecule has 1 fully saturated rings. The van der Waals surface area contributed by atoms with Crippen LogP contribution in [-0.4, -0.2) is 62.1 Å². The van der Waals surface area contributed by atoms with Gasteiger partial charge in [-0.05, 0) is 45.0 Å². The summed E-state index contributed by atoms with van der Waals surface area (Å²) in [6.07, 6.45) is -1.83. The molecule has 1 heterocycles. The Kier molecular flexibility index (Phi) is 7.48. The average Bonchev–Trinajstić information content (AvgIpc) is 3.02. The highest BCUT2D eigenvalue weighted by molar-refractivity contribution is 9.10. The van der Waals surface area contributed by atoms with Crippen molar-refractivity contribution < 1.29 is 31.7 Å². The number of nitrogens with zero attached hydrogens (tertiary/aromatic N) is 1. The highest BCUT2D eigenvalue weighted by atomic mass is 79.9. The number of carbonyl (C=O) groups is 3. The third-order valence-corrected chi connectivity index (χ3v) is 5.96. The van der Waals surface area contributed by atoms with Crippen LogP contribution in [0.15, 0.2) is 33.6 Å². The number of alkyl carbamates (subject to hydrolysis) is 1. The number of primary amides is 1. The summed E-state index contributed by atoms with van der Waals surface area (Å²) in [6, 6.07) is 4.79. The van der Waals surface area contributed by atoms with Gasteiger partial charge in [0.2, 0.25) is 11.8 Å². The molecule has 0 saturated carbocycles. The van der Waals surface area contributed by atoms with Crippen LogP contribution >= 0.6 is 15.9 Å². The van der Waals surface area contributed by atoms with Gasteiger partial charge in [0, 0.05) is 17.4 Å². The fourth-order valence-corrected chi connectivity index (χ4v) is 4.15. The van der Waals surface area contributed by atoms with Crippen LogP contribution in [0.5, 0.6) is 0 Å². The Bertz CT molecular complexity index is 913. The molecule has 0 aromatic heterocycles. The maximum absolute atomic E-state index is 12.5. The first-order chi connectivity index (χ1) is 13.8. The molecule has 1 aliphatic heterocycles. The first-order valence-corrected chi connectivity index (χ1v) is 11.2. The molecule has 3 N–H and O–H groups in total. The molecule has 0 bridgehead atoms. The lowest BCUT2D eigenvalue weighted by molar-refractivity contribution is -0.136. The monoisotopic (exact) mass is 505 g/mol. The second-order valence-electron chi connectivity index (χ2n) is 7.68. The number of amides is 3. The Labute approximate surface area is 183 Å². The summed E-state index contributed by atoms with van der Waals surface area (Å²) >= 11 is 3.22. The third kappa shape index (κ3) is 6.67. The topological polar surface area (TPSA) is 145 Å². The number of hydrogen-bond acceptors (Lipinski definition) is 7. The molecule has 2 unspecified atom stereocenters. The summed E-state index contributed by atoms with van der Waals surface area (Å²) in [7, 11) is -4.11. The molecule has 0 spiro atoms. The SMILES string of the molecule is CC(C)(C)OC(=O)NCC(=O)N1CC(OS(=O)(=O)c2ccc(Br)cc2)CC1C(N)=O. The average molecular weight is 506 g/mol. The summed E-state index contributed by atoms with van der Waals surface area (Å²) in [4.78, 5) is 37.0. The summed E-state index contributed by atoms with van der Waals surface area (Å²) < 4.78 is 35.9.